The van der Waals surface area contributed by atoms with E-state index in [1.54, 1.807) is 0 Å². The van der Waals surface area contributed by atoms with E-state index >= 15 is 0 Å². The summed E-state index contributed by atoms with van der Waals surface area (Å²) in [7, 11) is 0. The highest BCUT2D eigenvalue weighted by Gasteiger charge is 2.22. The summed E-state index contributed by atoms with van der Waals surface area (Å²) < 4.78 is 0. The third kappa shape index (κ3) is 7.28. The van der Waals surface area contributed by atoms with E-state index in [-0.39, 0.29) is 12.4 Å². The van der Waals surface area contributed by atoms with Gasteiger partial charge in [0.1, 0.15) is 6.04 Å². The Labute approximate surface area is 134 Å². The number of aliphatic imine (C=N–C) groups is 1. The fourth-order valence-electron chi connectivity index (χ4n) is 2.00. The Kier molecular flexibility index (Phi) is 7.55. The second kappa shape index (κ2) is 9.42. The predicted octanol–water partition coefficient (Wildman–Crippen LogP) is -0.821. The molecule has 0 bridgehead atoms. The second-order valence-electron chi connectivity index (χ2n) is 5.14. The van der Waals surface area contributed by atoms with Crippen LogP contribution in [0.3, 0.4) is 0 Å². The van der Waals surface area contributed by atoms with E-state index in [9.17, 15) is 9.59 Å². The molecule has 0 aliphatic rings. The summed E-state index contributed by atoms with van der Waals surface area (Å²) in [6, 6.07) is 7.46. The van der Waals surface area contributed by atoms with Crippen LogP contribution in [0.4, 0.5) is 0 Å². The molecule has 1 rings (SSSR count). The first-order valence-electron chi connectivity index (χ1n) is 7.28. The number of carbonyl (C=O) groups excluding carboxylic acids is 1. The van der Waals surface area contributed by atoms with Crippen molar-refractivity contribution < 1.29 is 14.7 Å². The number of nitrogens with zero attached hydrogens (tertiary/aromatic N) is 1. The zero-order chi connectivity index (χ0) is 17.2. The predicted molar refractivity (Wildman–Crippen MR) is 87.6 cm³/mol. The molecule has 8 N–H and O–H groups in total. The van der Waals surface area contributed by atoms with Crippen LogP contribution in [-0.2, 0) is 16.0 Å². The van der Waals surface area contributed by atoms with Gasteiger partial charge in [-0.05, 0) is 24.8 Å². The lowest BCUT2D eigenvalue weighted by Crippen LogP contribution is -2.49. The number of hydrogen-bond acceptors (Lipinski definition) is 4. The minimum absolute atomic E-state index is 0.0502. The van der Waals surface area contributed by atoms with Crippen molar-refractivity contribution in [2.24, 2.45) is 22.2 Å². The summed E-state index contributed by atoms with van der Waals surface area (Å²) in [6.45, 7) is 0.304. The van der Waals surface area contributed by atoms with Crippen LogP contribution >= 0.6 is 0 Å². The lowest BCUT2D eigenvalue weighted by atomic mass is 10.1. The molecule has 2 atom stereocenters. The molecule has 1 aromatic carbocycles. The summed E-state index contributed by atoms with van der Waals surface area (Å²) in [5, 5.41) is 11.6. The molecule has 0 aliphatic heterocycles. The molecular formula is C15H23N5O3. The van der Waals surface area contributed by atoms with E-state index in [1.165, 1.54) is 0 Å². The van der Waals surface area contributed by atoms with E-state index in [1.807, 2.05) is 30.3 Å². The van der Waals surface area contributed by atoms with Gasteiger partial charge in [0.05, 0.1) is 6.04 Å². The zero-order valence-electron chi connectivity index (χ0n) is 12.8. The first kappa shape index (κ1) is 18.4. The highest BCUT2D eigenvalue weighted by molar-refractivity contribution is 5.86. The molecule has 0 aliphatic carbocycles. The molecular weight excluding hydrogens is 298 g/mol. The molecule has 0 saturated carbocycles. The molecule has 2 unspecified atom stereocenters. The topological polar surface area (TPSA) is 157 Å². The van der Waals surface area contributed by atoms with Crippen LogP contribution in [0.25, 0.3) is 0 Å². The average Bonchev–Trinajstić information content (AvgIpc) is 2.50. The zero-order valence-corrected chi connectivity index (χ0v) is 12.8. The number of nitrogens with two attached hydrogens (primary N) is 3. The van der Waals surface area contributed by atoms with Gasteiger partial charge in [-0.25, -0.2) is 4.79 Å². The Balaban J connectivity index is 2.49. The summed E-state index contributed by atoms with van der Waals surface area (Å²) in [5.74, 6) is -1.66. The Bertz CT molecular complexity index is 543. The van der Waals surface area contributed by atoms with Crippen LogP contribution in [-0.4, -0.2) is 41.6 Å². The number of carbonyl (C=O) groups is 2. The maximum atomic E-state index is 12.0. The quantitative estimate of drug-likeness (QED) is 0.227. The number of guanidine groups is 1. The maximum absolute atomic E-state index is 12.0. The van der Waals surface area contributed by atoms with Crippen LogP contribution in [0.2, 0.25) is 0 Å². The molecule has 0 radical (unpaired) electrons. The lowest BCUT2D eigenvalue weighted by Gasteiger charge is -2.17. The molecule has 0 fully saturated rings. The van der Waals surface area contributed by atoms with Crippen LogP contribution < -0.4 is 22.5 Å². The fourth-order valence-corrected chi connectivity index (χ4v) is 2.00. The Morgan fingerprint density at radius 2 is 1.87 bits per heavy atom. The largest absolute Gasteiger partial charge is 0.480 e. The lowest BCUT2D eigenvalue weighted by molar-refractivity contribution is -0.142. The van der Waals surface area contributed by atoms with Crippen molar-refractivity contribution >= 4 is 17.8 Å². The van der Waals surface area contributed by atoms with E-state index in [0.717, 1.165) is 5.56 Å². The molecule has 23 heavy (non-hydrogen) atoms. The normalized spacial score (nSPS) is 12.9. The van der Waals surface area contributed by atoms with Crippen LogP contribution in [0.1, 0.15) is 18.4 Å². The number of aliphatic carboxylic acids is 1. The molecule has 8 nitrogen and oxygen atoms in total. The van der Waals surface area contributed by atoms with Gasteiger partial charge in [0, 0.05) is 6.54 Å². The SMILES string of the molecule is NC(N)=NCCCC(NC(=O)C(N)Cc1ccccc1)C(=O)O. The molecule has 0 heterocycles. The van der Waals surface area contributed by atoms with E-state index in [0.29, 0.717) is 19.4 Å². The van der Waals surface area contributed by atoms with Gasteiger partial charge in [-0.15, -0.1) is 0 Å². The monoisotopic (exact) mass is 321 g/mol. The van der Waals surface area contributed by atoms with Gasteiger partial charge in [0.15, 0.2) is 5.96 Å². The van der Waals surface area contributed by atoms with E-state index < -0.39 is 24.0 Å². The summed E-state index contributed by atoms with van der Waals surface area (Å²) in [6.07, 6.45) is 0.992. The summed E-state index contributed by atoms with van der Waals surface area (Å²) in [5.41, 5.74) is 17.1. The maximum Gasteiger partial charge on any atom is 0.326 e. The molecule has 0 saturated heterocycles. The number of nitrogens with one attached hydrogen (secondary N) is 1. The van der Waals surface area contributed by atoms with Gasteiger partial charge in [-0.1, -0.05) is 30.3 Å². The van der Waals surface area contributed by atoms with Gasteiger partial charge in [0.2, 0.25) is 5.91 Å². The molecule has 1 aromatic rings. The third-order valence-corrected chi connectivity index (χ3v) is 3.20. The minimum Gasteiger partial charge on any atom is -0.480 e. The Morgan fingerprint density at radius 3 is 2.43 bits per heavy atom. The highest BCUT2D eigenvalue weighted by atomic mass is 16.4. The van der Waals surface area contributed by atoms with Gasteiger partial charge in [-0.3, -0.25) is 9.79 Å². The number of benzene rings is 1. The smallest absolute Gasteiger partial charge is 0.326 e. The average molecular weight is 321 g/mol. The molecule has 0 aromatic heterocycles. The highest BCUT2D eigenvalue weighted by Crippen LogP contribution is 2.04. The first-order valence-corrected chi connectivity index (χ1v) is 7.28. The number of carboxylic acid groups (broad SMARTS) is 1. The summed E-state index contributed by atoms with van der Waals surface area (Å²) in [4.78, 5) is 27.0. The fraction of sp³-hybridized carbons (Fsp3) is 0.400. The number of hydrogen-bond donors (Lipinski definition) is 5. The summed E-state index contributed by atoms with van der Waals surface area (Å²) >= 11 is 0. The molecule has 126 valence electrons. The van der Waals surface area contributed by atoms with Gasteiger partial charge >= 0.3 is 5.97 Å². The van der Waals surface area contributed by atoms with Crippen molar-refractivity contribution in [1.29, 1.82) is 0 Å². The van der Waals surface area contributed by atoms with Crippen molar-refractivity contribution in [3.05, 3.63) is 35.9 Å². The first-order chi connectivity index (χ1) is 10.9. The van der Waals surface area contributed by atoms with Crippen molar-refractivity contribution in [3.8, 4) is 0 Å². The van der Waals surface area contributed by atoms with Gasteiger partial charge in [-0.2, -0.15) is 0 Å². The molecule has 8 heteroatoms. The van der Waals surface area contributed by atoms with Crippen molar-refractivity contribution in [2.75, 3.05) is 6.54 Å². The third-order valence-electron chi connectivity index (χ3n) is 3.20. The number of carboxylic acids is 1. The van der Waals surface area contributed by atoms with E-state index in [2.05, 4.69) is 10.3 Å². The molecule has 1 amide bonds. The standard InChI is InChI=1S/C15H23N5O3/c16-11(9-10-5-2-1-3-6-10)13(21)20-12(14(22)23)7-4-8-19-15(17)18/h1-3,5-6,11-12H,4,7-9,16H2,(H,20,21)(H,22,23)(H4,17,18,19). The van der Waals surface area contributed by atoms with Gasteiger partial charge in [0.25, 0.3) is 0 Å². The van der Waals surface area contributed by atoms with Crippen molar-refractivity contribution in [1.82, 2.24) is 5.32 Å². The van der Waals surface area contributed by atoms with Crippen LogP contribution in [0.5, 0.6) is 0 Å². The van der Waals surface area contributed by atoms with Crippen molar-refractivity contribution in [2.45, 2.75) is 31.3 Å². The second-order valence-corrected chi connectivity index (χ2v) is 5.14. The van der Waals surface area contributed by atoms with Crippen molar-refractivity contribution in [3.63, 3.8) is 0 Å². The van der Waals surface area contributed by atoms with Crippen LogP contribution in [0.15, 0.2) is 35.3 Å². The molecule has 0 spiro atoms. The Morgan fingerprint density at radius 1 is 1.22 bits per heavy atom. The Hall–Kier alpha value is -2.61. The van der Waals surface area contributed by atoms with E-state index in [4.69, 9.17) is 22.3 Å². The van der Waals surface area contributed by atoms with Crippen LogP contribution in [0, 0.1) is 0 Å². The number of rotatable bonds is 9. The minimum atomic E-state index is -1.12. The van der Waals surface area contributed by atoms with Gasteiger partial charge < -0.3 is 27.6 Å². The number of amides is 1.